The van der Waals surface area contributed by atoms with Gasteiger partial charge in [0.25, 0.3) is 0 Å². The second-order valence-electron chi connectivity index (χ2n) is 6.05. The summed E-state index contributed by atoms with van der Waals surface area (Å²) in [4.78, 5) is 10.3. The molecule has 125 valence electrons. The third-order valence-electron chi connectivity index (χ3n) is 4.23. The Morgan fingerprint density at radius 1 is 0.950 bits per heavy atom. The van der Waals surface area contributed by atoms with Gasteiger partial charge in [-0.1, -0.05) is 72.6 Å². The normalized spacial score (nSPS) is 17.1. The molecule has 20 heavy (non-hydrogen) atoms. The van der Waals surface area contributed by atoms with Gasteiger partial charge in [-0.15, -0.1) is 0 Å². The van der Waals surface area contributed by atoms with E-state index >= 15 is 0 Å². The van der Waals surface area contributed by atoms with Gasteiger partial charge < -0.3 is 4.89 Å². The van der Waals surface area contributed by atoms with Crippen LogP contribution >= 0.6 is 7.37 Å². The van der Waals surface area contributed by atoms with Gasteiger partial charge in [-0.2, -0.15) is 0 Å². The van der Waals surface area contributed by atoms with Crippen molar-refractivity contribution in [3.8, 4) is 0 Å². The molecule has 0 fully saturated rings. The zero-order valence-electron chi connectivity index (χ0n) is 13.9. The molecule has 1 radical (unpaired) electrons. The summed E-state index contributed by atoms with van der Waals surface area (Å²) in [6.07, 6.45) is 10.7. The zero-order valence-corrected chi connectivity index (χ0v) is 15.8. The molecule has 0 aliphatic carbocycles. The topological polar surface area (TPSA) is 37.3 Å². The predicted molar refractivity (Wildman–Crippen MR) is 86.2 cm³/mol. The van der Waals surface area contributed by atoms with Crippen molar-refractivity contribution in [1.29, 1.82) is 0 Å². The average molecular weight is 349 g/mol. The SMILES string of the molecule is CCCCCCC(C)P(=O)(O)CC(CC)CCCC.[Co]. The van der Waals surface area contributed by atoms with Crippen LogP contribution in [0.3, 0.4) is 0 Å². The standard InChI is InChI=1S/C16H35O2P.Co/c1-5-8-10-11-12-15(4)19(17,18)14-16(7-3)13-9-6-2;/h15-16H,5-14H2,1-4H3,(H,17,18);. The van der Waals surface area contributed by atoms with Gasteiger partial charge >= 0.3 is 0 Å². The van der Waals surface area contributed by atoms with Crippen molar-refractivity contribution in [3.63, 3.8) is 0 Å². The average Bonchev–Trinajstić information content (AvgIpc) is 2.39. The van der Waals surface area contributed by atoms with Crippen LogP contribution in [0.1, 0.15) is 85.5 Å². The maximum Gasteiger partial charge on any atom is 0.203 e. The van der Waals surface area contributed by atoms with Crippen LogP contribution in [-0.4, -0.2) is 16.7 Å². The molecule has 0 aromatic carbocycles. The molecule has 0 aliphatic heterocycles. The molecule has 3 unspecified atom stereocenters. The maximum absolute atomic E-state index is 12.5. The van der Waals surface area contributed by atoms with Crippen LogP contribution in [0.25, 0.3) is 0 Å². The summed E-state index contributed by atoms with van der Waals surface area (Å²) >= 11 is 0. The molecule has 0 rings (SSSR count). The zero-order chi connectivity index (χ0) is 14.7. The van der Waals surface area contributed by atoms with Gasteiger partial charge in [0.1, 0.15) is 0 Å². The van der Waals surface area contributed by atoms with Crippen LogP contribution in [-0.2, 0) is 21.3 Å². The third-order valence-corrected chi connectivity index (χ3v) is 6.90. The maximum atomic E-state index is 12.5. The van der Waals surface area contributed by atoms with E-state index in [0.717, 1.165) is 25.7 Å². The Hall–Kier alpha value is 0.696. The van der Waals surface area contributed by atoms with E-state index < -0.39 is 7.37 Å². The van der Waals surface area contributed by atoms with Crippen molar-refractivity contribution in [2.45, 2.75) is 91.1 Å². The van der Waals surface area contributed by atoms with Crippen molar-refractivity contribution < 1.29 is 26.2 Å². The fourth-order valence-corrected chi connectivity index (χ4v) is 4.66. The molecule has 0 aliphatic rings. The molecule has 0 heterocycles. The van der Waals surface area contributed by atoms with Gasteiger partial charge in [-0.05, 0) is 18.8 Å². The smallest absolute Gasteiger partial charge is 0.203 e. The molecule has 4 heteroatoms. The van der Waals surface area contributed by atoms with Crippen molar-refractivity contribution in [3.05, 3.63) is 0 Å². The third kappa shape index (κ3) is 10.4. The van der Waals surface area contributed by atoms with Crippen molar-refractivity contribution >= 4 is 7.37 Å². The second-order valence-corrected chi connectivity index (χ2v) is 8.81. The van der Waals surface area contributed by atoms with Crippen LogP contribution in [0.2, 0.25) is 0 Å². The quantitative estimate of drug-likeness (QED) is 0.355. The van der Waals surface area contributed by atoms with E-state index in [1.165, 1.54) is 32.1 Å². The van der Waals surface area contributed by atoms with Gasteiger partial charge in [0, 0.05) is 28.6 Å². The Kier molecular flexibility index (Phi) is 15.4. The molecule has 1 N–H and O–H groups in total. The first-order valence-electron chi connectivity index (χ1n) is 8.29. The summed E-state index contributed by atoms with van der Waals surface area (Å²) in [6.45, 7) is 8.49. The van der Waals surface area contributed by atoms with Gasteiger partial charge in [-0.25, -0.2) is 0 Å². The van der Waals surface area contributed by atoms with Crippen LogP contribution in [0.4, 0.5) is 0 Å². The minimum Gasteiger partial charge on any atom is -0.344 e. The molecule has 2 nitrogen and oxygen atoms in total. The molecule has 0 spiro atoms. The molecule has 0 saturated carbocycles. The van der Waals surface area contributed by atoms with E-state index in [2.05, 4.69) is 20.8 Å². The van der Waals surface area contributed by atoms with Gasteiger partial charge in [-0.3, -0.25) is 4.57 Å². The fraction of sp³-hybridized carbons (Fsp3) is 1.00. The second kappa shape index (κ2) is 13.4. The predicted octanol–water partition coefficient (Wildman–Crippen LogP) is 5.83. The van der Waals surface area contributed by atoms with Crippen LogP contribution in [0.5, 0.6) is 0 Å². The first-order valence-corrected chi connectivity index (χ1v) is 10.2. The summed E-state index contributed by atoms with van der Waals surface area (Å²) in [5.74, 6) is 0.439. The van der Waals surface area contributed by atoms with Crippen LogP contribution in [0, 0.1) is 5.92 Å². The van der Waals surface area contributed by atoms with E-state index in [-0.39, 0.29) is 22.4 Å². The van der Waals surface area contributed by atoms with Crippen molar-refractivity contribution in [2.75, 3.05) is 6.16 Å². The van der Waals surface area contributed by atoms with E-state index in [4.69, 9.17) is 0 Å². The Bertz CT molecular complexity index is 259. The van der Waals surface area contributed by atoms with Crippen LogP contribution in [0.15, 0.2) is 0 Å². The number of rotatable bonds is 12. The Labute approximate surface area is 137 Å². The number of hydrogen-bond acceptors (Lipinski definition) is 1. The summed E-state index contributed by atoms with van der Waals surface area (Å²) in [5.41, 5.74) is -0.0139. The number of hydrogen-bond donors (Lipinski definition) is 1. The number of unbranched alkanes of at least 4 members (excludes halogenated alkanes) is 4. The monoisotopic (exact) mass is 349 g/mol. The molecular formula is C16H35CoO2P. The van der Waals surface area contributed by atoms with Gasteiger partial charge in [0.2, 0.25) is 7.37 Å². The minimum absolute atomic E-state index is 0. The Morgan fingerprint density at radius 3 is 2.05 bits per heavy atom. The fourth-order valence-electron chi connectivity index (χ4n) is 2.54. The van der Waals surface area contributed by atoms with Gasteiger partial charge in [0.15, 0.2) is 0 Å². The van der Waals surface area contributed by atoms with Gasteiger partial charge in [0.05, 0.1) is 0 Å². The summed E-state index contributed by atoms with van der Waals surface area (Å²) < 4.78 is 12.5. The van der Waals surface area contributed by atoms with Crippen molar-refractivity contribution in [1.82, 2.24) is 0 Å². The molecule has 3 atom stereocenters. The molecular weight excluding hydrogens is 314 g/mol. The minimum atomic E-state index is -2.95. The Balaban J connectivity index is 0. The van der Waals surface area contributed by atoms with Crippen molar-refractivity contribution in [2.24, 2.45) is 5.92 Å². The summed E-state index contributed by atoms with van der Waals surface area (Å²) in [5, 5.41) is 0. The summed E-state index contributed by atoms with van der Waals surface area (Å²) in [6, 6.07) is 0. The van der Waals surface area contributed by atoms with E-state index in [0.29, 0.717) is 12.1 Å². The largest absolute Gasteiger partial charge is 0.344 e. The molecule has 0 saturated heterocycles. The Morgan fingerprint density at radius 2 is 1.55 bits per heavy atom. The first kappa shape index (κ1) is 23.0. The van der Waals surface area contributed by atoms with E-state index in [9.17, 15) is 9.46 Å². The molecule has 0 amide bonds. The molecule has 0 aromatic rings. The van der Waals surface area contributed by atoms with Crippen LogP contribution < -0.4 is 0 Å². The summed E-state index contributed by atoms with van der Waals surface area (Å²) in [7, 11) is -2.95. The molecule has 0 aromatic heterocycles. The molecule has 0 bridgehead atoms. The van der Waals surface area contributed by atoms with E-state index in [1.54, 1.807) is 0 Å². The van der Waals surface area contributed by atoms with E-state index in [1.807, 2.05) is 6.92 Å². The first-order chi connectivity index (χ1) is 8.97.